The maximum absolute atomic E-state index is 11.8. The highest BCUT2D eigenvalue weighted by atomic mass is 79.9. The Hall–Kier alpha value is -1.07. The van der Waals surface area contributed by atoms with Crippen molar-refractivity contribution in [1.82, 2.24) is 5.32 Å². The lowest BCUT2D eigenvalue weighted by atomic mass is 10.2. The van der Waals surface area contributed by atoms with Gasteiger partial charge in [-0.2, -0.15) is 0 Å². The summed E-state index contributed by atoms with van der Waals surface area (Å²) in [5, 5.41) is 12.3. The van der Waals surface area contributed by atoms with Gasteiger partial charge in [0.15, 0.2) is 0 Å². The van der Waals surface area contributed by atoms with Crippen LogP contribution in [0, 0.1) is 0 Å². The molecule has 0 radical (unpaired) electrons. The zero-order valence-corrected chi connectivity index (χ0v) is 12.9. The second-order valence-corrected chi connectivity index (χ2v) is 5.40. The molecule has 0 saturated heterocycles. The van der Waals surface area contributed by atoms with E-state index in [2.05, 4.69) is 21.2 Å². The Morgan fingerprint density at radius 1 is 1.42 bits per heavy atom. The summed E-state index contributed by atoms with van der Waals surface area (Å²) in [5.41, 5.74) is 0.458. The smallest absolute Gasteiger partial charge is 0.251 e. The molecule has 1 aromatic carbocycles. The van der Waals surface area contributed by atoms with Gasteiger partial charge in [-0.3, -0.25) is 4.79 Å². The van der Waals surface area contributed by atoms with Crippen molar-refractivity contribution in [2.45, 2.75) is 32.8 Å². The Balaban J connectivity index is 2.26. The van der Waals surface area contributed by atoms with E-state index >= 15 is 0 Å². The van der Waals surface area contributed by atoms with Crippen molar-refractivity contribution in [3.8, 4) is 5.75 Å². The number of amides is 1. The minimum absolute atomic E-state index is 0.0676. The fourth-order valence-electron chi connectivity index (χ4n) is 1.50. The minimum atomic E-state index is -0.174. The number of unbranched alkanes of at least 4 members (excludes halogenated alkanes) is 1. The Labute approximate surface area is 122 Å². The van der Waals surface area contributed by atoms with Gasteiger partial charge in [0.2, 0.25) is 0 Å². The molecule has 106 valence electrons. The highest BCUT2D eigenvalue weighted by Gasteiger charge is 2.07. The van der Waals surface area contributed by atoms with E-state index in [0.717, 1.165) is 12.8 Å². The first-order valence-electron chi connectivity index (χ1n) is 6.39. The van der Waals surface area contributed by atoms with Crippen LogP contribution in [0.3, 0.4) is 0 Å². The monoisotopic (exact) mass is 329 g/mol. The second-order valence-electron chi connectivity index (χ2n) is 4.55. The van der Waals surface area contributed by atoms with Crippen LogP contribution in [0.1, 0.15) is 37.0 Å². The first-order valence-corrected chi connectivity index (χ1v) is 7.18. The number of hydrogen-bond donors (Lipinski definition) is 2. The van der Waals surface area contributed by atoms with Gasteiger partial charge in [-0.1, -0.05) is 0 Å². The van der Waals surface area contributed by atoms with E-state index in [1.807, 2.05) is 13.8 Å². The third-order valence-electron chi connectivity index (χ3n) is 2.52. The van der Waals surface area contributed by atoms with Gasteiger partial charge in [0.25, 0.3) is 5.91 Å². The summed E-state index contributed by atoms with van der Waals surface area (Å²) < 4.78 is 5.99. The average Bonchev–Trinajstić information content (AvgIpc) is 2.36. The molecule has 0 saturated carbocycles. The maximum atomic E-state index is 11.8. The van der Waals surface area contributed by atoms with Gasteiger partial charge in [-0.25, -0.2) is 0 Å². The highest BCUT2D eigenvalue weighted by Crippen LogP contribution is 2.24. The van der Waals surface area contributed by atoms with E-state index in [1.54, 1.807) is 12.1 Å². The molecule has 1 aromatic rings. The standard InChI is InChI=1S/C14H20BrNO3/c1-10(2)19-8-4-3-7-16-14(18)11-5-6-12(15)13(17)9-11/h5-6,9-10,17H,3-4,7-8H2,1-2H3,(H,16,18). The fraction of sp³-hybridized carbons (Fsp3) is 0.500. The third-order valence-corrected chi connectivity index (χ3v) is 3.19. The number of phenolic OH excluding ortho intramolecular Hbond substituents is 1. The van der Waals surface area contributed by atoms with E-state index in [9.17, 15) is 9.90 Å². The van der Waals surface area contributed by atoms with E-state index < -0.39 is 0 Å². The number of carbonyl (C=O) groups excluding carboxylic acids is 1. The summed E-state index contributed by atoms with van der Waals surface area (Å²) >= 11 is 3.18. The first-order chi connectivity index (χ1) is 9.00. The molecule has 2 N–H and O–H groups in total. The molecule has 0 spiro atoms. The van der Waals surface area contributed by atoms with Crippen LogP contribution in [0.25, 0.3) is 0 Å². The summed E-state index contributed by atoms with van der Waals surface area (Å²) in [5.74, 6) is -0.106. The number of carbonyl (C=O) groups is 1. The van der Waals surface area contributed by atoms with Crippen LogP contribution >= 0.6 is 15.9 Å². The second kappa shape index (κ2) is 8.17. The molecule has 1 amide bonds. The first kappa shape index (κ1) is 16.0. The summed E-state index contributed by atoms with van der Waals surface area (Å²) in [6.07, 6.45) is 2.05. The van der Waals surface area contributed by atoms with Crippen LogP contribution in [-0.2, 0) is 4.74 Å². The molecule has 4 nitrogen and oxygen atoms in total. The molecule has 0 heterocycles. The van der Waals surface area contributed by atoms with Crippen molar-refractivity contribution in [3.05, 3.63) is 28.2 Å². The average molecular weight is 330 g/mol. The molecule has 1 rings (SSSR count). The Kier molecular flexibility index (Phi) is 6.87. The van der Waals surface area contributed by atoms with Crippen LogP contribution in [0.15, 0.2) is 22.7 Å². The molecule has 0 atom stereocenters. The maximum Gasteiger partial charge on any atom is 0.251 e. The van der Waals surface area contributed by atoms with E-state index in [1.165, 1.54) is 6.07 Å². The summed E-state index contributed by atoms with van der Waals surface area (Å²) in [4.78, 5) is 11.8. The van der Waals surface area contributed by atoms with Crippen molar-refractivity contribution < 1.29 is 14.6 Å². The number of rotatable bonds is 7. The van der Waals surface area contributed by atoms with Gasteiger partial charge in [0.1, 0.15) is 5.75 Å². The molecular formula is C14H20BrNO3. The zero-order chi connectivity index (χ0) is 14.3. The number of phenols is 1. The summed E-state index contributed by atoms with van der Waals surface area (Å²) in [6.45, 7) is 5.33. The Bertz CT molecular complexity index is 421. The summed E-state index contributed by atoms with van der Waals surface area (Å²) in [6, 6.07) is 4.77. The van der Waals surface area contributed by atoms with Crippen molar-refractivity contribution in [3.63, 3.8) is 0 Å². The van der Waals surface area contributed by atoms with Gasteiger partial charge in [0, 0.05) is 18.7 Å². The molecule has 0 aliphatic heterocycles. The lowest BCUT2D eigenvalue weighted by Gasteiger charge is -2.08. The quantitative estimate of drug-likeness (QED) is 0.756. The van der Waals surface area contributed by atoms with Crippen LogP contribution in [0.2, 0.25) is 0 Å². The van der Waals surface area contributed by atoms with Crippen molar-refractivity contribution in [2.24, 2.45) is 0 Å². The number of nitrogens with one attached hydrogen (secondary N) is 1. The summed E-state index contributed by atoms with van der Waals surface area (Å²) in [7, 11) is 0. The number of benzene rings is 1. The third kappa shape index (κ3) is 6.07. The molecule has 0 aliphatic carbocycles. The van der Waals surface area contributed by atoms with Crippen LogP contribution in [-0.4, -0.2) is 30.3 Å². The number of halogens is 1. The van der Waals surface area contributed by atoms with Crippen molar-refractivity contribution in [1.29, 1.82) is 0 Å². The van der Waals surface area contributed by atoms with Gasteiger partial charge in [-0.05, 0) is 60.8 Å². The zero-order valence-electron chi connectivity index (χ0n) is 11.3. The molecule has 0 aromatic heterocycles. The predicted molar refractivity (Wildman–Crippen MR) is 78.5 cm³/mol. The molecule has 5 heteroatoms. The topological polar surface area (TPSA) is 58.6 Å². The van der Waals surface area contributed by atoms with E-state index in [4.69, 9.17) is 4.74 Å². The molecular weight excluding hydrogens is 310 g/mol. The number of hydrogen-bond acceptors (Lipinski definition) is 3. The van der Waals surface area contributed by atoms with Crippen molar-refractivity contribution in [2.75, 3.05) is 13.2 Å². The van der Waals surface area contributed by atoms with E-state index in [0.29, 0.717) is 23.2 Å². The molecule has 19 heavy (non-hydrogen) atoms. The molecule has 0 fully saturated rings. The van der Waals surface area contributed by atoms with Crippen molar-refractivity contribution >= 4 is 21.8 Å². The lowest BCUT2D eigenvalue weighted by Crippen LogP contribution is -2.24. The number of aromatic hydroxyl groups is 1. The normalized spacial score (nSPS) is 10.7. The van der Waals surface area contributed by atoms with Crippen LogP contribution in [0.4, 0.5) is 0 Å². The molecule has 0 unspecified atom stereocenters. The minimum Gasteiger partial charge on any atom is -0.507 e. The fourth-order valence-corrected chi connectivity index (χ4v) is 1.75. The molecule has 0 bridgehead atoms. The van der Waals surface area contributed by atoms with Gasteiger partial charge in [0.05, 0.1) is 10.6 Å². The molecule has 0 aliphatic rings. The Morgan fingerprint density at radius 3 is 2.79 bits per heavy atom. The lowest BCUT2D eigenvalue weighted by molar-refractivity contribution is 0.0754. The van der Waals surface area contributed by atoms with Gasteiger partial charge < -0.3 is 15.2 Å². The Morgan fingerprint density at radius 2 is 2.16 bits per heavy atom. The predicted octanol–water partition coefficient (Wildman–Crippen LogP) is 3.09. The largest absolute Gasteiger partial charge is 0.507 e. The van der Waals surface area contributed by atoms with Gasteiger partial charge in [-0.15, -0.1) is 0 Å². The SMILES string of the molecule is CC(C)OCCCCNC(=O)c1ccc(Br)c(O)c1. The number of ether oxygens (including phenoxy) is 1. The van der Waals surface area contributed by atoms with Crippen LogP contribution in [0.5, 0.6) is 5.75 Å². The highest BCUT2D eigenvalue weighted by molar-refractivity contribution is 9.10. The van der Waals surface area contributed by atoms with Crippen LogP contribution < -0.4 is 5.32 Å². The van der Waals surface area contributed by atoms with Gasteiger partial charge >= 0.3 is 0 Å². The van der Waals surface area contributed by atoms with E-state index in [-0.39, 0.29) is 17.8 Å².